The molecule has 7 rings (SSSR count). The number of hydrogen-bond donors (Lipinski definition) is 4. The van der Waals surface area contributed by atoms with Crippen molar-refractivity contribution in [2.75, 3.05) is 36.6 Å². The number of thioether (sulfide) groups is 1. The summed E-state index contributed by atoms with van der Waals surface area (Å²) in [6.45, 7) is 16.3. The Morgan fingerprint density at radius 1 is 0.659 bits per heavy atom. The first-order valence-electron chi connectivity index (χ1n) is 27.0. The number of ether oxygens (including phenoxy) is 2. The molecule has 0 spiro atoms. The topological polar surface area (TPSA) is 182 Å². The van der Waals surface area contributed by atoms with Crippen molar-refractivity contribution in [1.29, 1.82) is 0 Å². The fourth-order valence-corrected chi connectivity index (χ4v) is 13.7. The molecule has 438 valence electrons. The summed E-state index contributed by atoms with van der Waals surface area (Å²) in [4.78, 5) is 24.5. The van der Waals surface area contributed by atoms with E-state index in [1.165, 1.54) is 22.3 Å². The summed E-state index contributed by atoms with van der Waals surface area (Å²) in [5, 5.41) is 6.88. The lowest BCUT2D eigenvalue weighted by Crippen LogP contribution is -2.33. The number of benzene rings is 6. The lowest BCUT2D eigenvalue weighted by atomic mass is 9.93. The predicted molar refractivity (Wildman–Crippen MR) is 317 cm³/mol. The lowest BCUT2D eigenvalue weighted by molar-refractivity contribution is -0.142. The Bertz CT molecular complexity index is 3660. The molecule has 0 aromatic heterocycles. The van der Waals surface area contributed by atoms with Gasteiger partial charge >= 0.3 is 12.1 Å². The Balaban J connectivity index is 1.30. The van der Waals surface area contributed by atoms with Crippen LogP contribution in [0.5, 0.6) is 0 Å². The van der Waals surface area contributed by atoms with Gasteiger partial charge in [0.1, 0.15) is 24.6 Å². The van der Waals surface area contributed by atoms with E-state index in [2.05, 4.69) is 109 Å². The number of fused-ring (bicyclic) bond motifs is 2. The molecule has 0 fully saturated rings. The SMILES string of the molecule is CC(C)Cc1cccc(CC(C)C)c1/N=c1/ccc2c(-c3ccccc3S(=O)(=O)NS(=O)(=O)c3c(F)c(F)c(SCCOC(=O)NCCOC(=O)CCS)c(F)c3F)c3ccc(Nc4c(CC(C)C)cccc4CC(C)C)cc3oc-2c1. The molecule has 0 atom stereocenters. The van der Waals surface area contributed by atoms with Crippen LogP contribution in [0.3, 0.4) is 0 Å². The highest BCUT2D eigenvalue weighted by Gasteiger charge is 2.37. The second-order valence-corrected chi connectivity index (χ2v) is 26.6. The number of nitrogens with zero attached hydrogens (tertiary/aromatic N) is 1. The predicted octanol–water partition coefficient (Wildman–Crippen LogP) is 13.9. The summed E-state index contributed by atoms with van der Waals surface area (Å²) in [5.41, 5.74) is 7.74. The van der Waals surface area contributed by atoms with Gasteiger partial charge in [-0.25, -0.2) is 44.2 Å². The standard InChI is InChI=1S/C61H68F4N4O9S4/c1-35(2)29-39-13-11-14-40(30-36(3)4)57(39)67-43-19-21-45-48(33-43)78-49-34-44(68-58-41(31-37(5)6)15-12-16-42(58)32-38(7)8)20-22-46(49)52(45)47-17-9-10-18-50(47)81(72,73)69-82(74,75)60-55(64)53(62)59(54(63)56(60)65)80-28-26-77-61(71)66-24-25-76-51(70)23-27-79/h9-22,33-38,67,69,79H,23-32H2,1-8H3,(H,66,71)/b68-44-. The molecule has 0 unspecified atom stereocenters. The summed E-state index contributed by atoms with van der Waals surface area (Å²) in [6.07, 6.45) is 2.20. The van der Waals surface area contributed by atoms with Gasteiger partial charge in [-0.3, -0.25) is 4.79 Å². The molecule has 1 aliphatic carbocycles. The van der Waals surface area contributed by atoms with Gasteiger partial charge in [0.2, 0.25) is 0 Å². The van der Waals surface area contributed by atoms with Crippen LogP contribution in [0, 0.1) is 46.9 Å². The first-order chi connectivity index (χ1) is 38.9. The third-order valence-corrected chi connectivity index (χ3v) is 17.6. The minimum atomic E-state index is -5.97. The van der Waals surface area contributed by atoms with Gasteiger partial charge in [0.25, 0.3) is 20.0 Å². The number of carbonyl (C=O) groups excluding carboxylic acids is 2. The van der Waals surface area contributed by atoms with Crippen LogP contribution in [0.1, 0.15) is 84.1 Å². The fraction of sp³-hybridized carbons (Fsp3) is 0.361. The van der Waals surface area contributed by atoms with Crippen molar-refractivity contribution >= 4 is 84.5 Å². The Morgan fingerprint density at radius 2 is 1.24 bits per heavy atom. The molecule has 82 heavy (non-hydrogen) atoms. The van der Waals surface area contributed by atoms with Crippen LogP contribution in [0.4, 0.5) is 39.4 Å². The molecule has 3 N–H and O–H groups in total. The molecule has 5 aromatic carbocycles. The number of anilines is 2. The van der Waals surface area contributed by atoms with E-state index in [9.17, 15) is 26.4 Å². The highest BCUT2D eigenvalue weighted by molar-refractivity contribution is 8.04. The summed E-state index contributed by atoms with van der Waals surface area (Å²) in [6, 6.07) is 28.4. The number of alkyl carbamates (subject to hydrolysis) is 1. The maximum absolute atomic E-state index is 15.9. The van der Waals surface area contributed by atoms with Crippen LogP contribution < -0.4 is 20.1 Å². The van der Waals surface area contributed by atoms with Gasteiger partial charge in [0.15, 0.2) is 28.2 Å². The second-order valence-electron chi connectivity index (χ2n) is 21.5. The normalized spacial score (nSPS) is 12.4. The van der Waals surface area contributed by atoms with Gasteiger partial charge in [0, 0.05) is 57.1 Å². The number of carbonyl (C=O) groups is 2. The van der Waals surface area contributed by atoms with Gasteiger partial charge in [0.05, 0.1) is 33.8 Å². The van der Waals surface area contributed by atoms with Gasteiger partial charge in [-0.05, 0) is 102 Å². The number of sulfonamides is 2. The highest BCUT2D eigenvalue weighted by Crippen LogP contribution is 2.44. The molecule has 0 radical (unpaired) electrons. The van der Waals surface area contributed by atoms with E-state index in [1.54, 1.807) is 30.3 Å². The number of esters is 1. The number of nitrogens with one attached hydrogen (secondary N) is 3. The number of thiol groups is 1. The Labute approximate surface area is 486 Å². The van der Waals surface area contributed by atoms with Crippen LogP contribution in [-0.2, 0) is 60.0 Å². The molecular weight excluding hydrogens is 1140 g/mol. The number of para-hydroxylation sites is 2. The van der Waals surface area contributed by atoms with Crippen molar-refractivity contribution in [3.63, 3.8) is 0 Å². The van der Waals surface area contributed by atoms with Crippen molar-refractivity contribution in [1.82, 2.24) is 9.44 Å². The van der Waals surface area contributed by atoms with Gasteiger partial charge in [-0.15, -0.1) is 15.9 Å². The van der Waals surface area contributed by atoms with E-state index in [0.717, 1.165) is 65.4 Å². The van der Waals surface area contributed by atoms with E-state index >= 15 is 17.6 Å². The molecule has 1 aliphatic heterocycles. The summed E-state index contributed by atoms with van der Waals surface area (Å²) in [7, 11) is -11.4. The van der Waals surface area contributed by atoms with E-state index < -0.39 is 82.4 Å². The number of amides is 1. The zero-order chi connectivity index (χ0) is 59.6. The smallest absolute Gasteiger partial charge is 0.407 e. The zero-order valence-corrected chi connectivity index (χ0v) is 50.3. The van der Waals surface area contributed by atoms with Crippen molar-refractivity contribution in [2.24, 2.45) is 28.7 Å². The largest absolute Gasteiger partial charge is 0.464 e. The quantitative estimate of drug-likeness (QED) is 0.00813. The van der Waals surface area contributed by atoms with Gasteiger partial charge in [-0.1, -0.05) is 110 Å². The molecule has 1 heterocycles. The van der Waals surface area contributed by atoms with Crippen LogP contribution >= 0.6 is 24.4 Å². The first kappa shape index (κ1) is 63.2. The highest BCUT2D eigenvalue weighted by atomic mass is 32.3. The summed E-state index contributed by atoms with van der Waals surface area (Å²) < 4.78 is 138. The van der Waals surface area contributed by atoms with Crippen LogP contribution in [0.2, 0.25) is 0 Å². The molecule has 0 saturated carbocycles. The lowest BCUT2D eigenvalue weighted by Gasteiger charge is -2.21. The Hall–Kier alpha value is -6.39. The van der Waals surface area contributed by atoms with Crippen LogP contribution in [-0.4, -0.2) is 60.2 Å². The fourth-order valence-electron chi connectivity index (χ4n) is 9.52. The molecule has 0 bridgehead atoms. The van der Waals surface area contributed by atoms with E-state index in [1.807, 2.05) is 12.1 Å². The summed E-state index contributed by atoms with van der Waals surface area (Å²) in [5.74, 6) is -8.18. The maximum Gasteiger partial charge on any atom is 0.407 e. The summed E-state index contributed by atoms with van der Waals surface area (Å²) >= 11 is 4.08. The molecule has 2 aliphatic rings. The minimum absolute atomic E-state index is 0.0565. The van der Waals surface area contributed by atoms with E-state index in [0.29, 0.717) is 51.2 Å². The Kier molecular flexibility index (Phi) is 21.4. The van der Waals surface area contributed by atoms with E-state index in [4.69, 9.17) is 18.9 Å². The van der Waals surface area contributed by atoms with Crippen molar-refractivity contribution in [3.05, 3.63) is 148 Å². The van der Waals surface area contributed by atoms with Crippen molar-refractivity contribution < 1.29 is 57.9 Å². The second kappa shape index (κ2) is 27.8. The number of rotatable bonds is 25. The molecule has 0 saturated heterocycles. The monoisotopic (exact) mass is 1200 g/mol. The molecule has 21 heteroatoms. The molecule has 5 aromatic rings. The minimum Gasteiger partial charge on any atom is -0.464 e. The third-order valence-electron chi connectivity index (χ3n) is 12.8. The number of hydrogen-bond acceptors (Lipinski definition) is 13. The van der Waals surface area contributed by atoms with Crippen LogP contribution in [0.25, 0.3) is 33.4 Å². The first-order valence-corrected chi connectivity index (χ1v) is 31.5. The number of halogens is 4. The van der Waals surface area contributed by atoms with Crippen LogP contribution in [0.15, 0.2) is 121 Å². The molecule has 1 amide bonds. The average molecular weight is 1210 g/mol. The Morgan fingerprint density at radius 3 is 1.84 bits per heavy atom. The van der Waals surface area contributed by atoms with Crippen molar-refractivity contribution in [2.45, 2.75) is 102 Å². The zero-order valence-electron chi connectivity index (χ0n) is 46.9. The third kappa shape index (κ3) is 15.6. The van der Waals surface area contributed by atoms with Crippen molar-refractivity contribution in [3.8, 4) is 22.5 Å². The molecular formula is C61H68F4N4O9S4. The van der Waals surface area contributed by atoms with Gasteiger partial charge < -0.3 is 24.5 Å². The average Bonchev–Trinajstić information content (AvgIpc) is 2.83. The van der Waals surface area contributed by atoms with E-state index in [-0.39, 0.29) is 54.0 Å². The molecule has 13 nitrogen and oxygen atoms in total. The maximum atomic E-state index is 15.9. The van der Waals surface area contributed by atoms with Gasteiger partial charge in [-0.2, -0.15) is 12.6 Å².